The second-order valence-corrected chi connectivity index (χ2v) is 2.48. The molecular formula is C8H6O5. The van der Waals surface area contributed by atoms with Crippen LogP contribution in [0.25, 0.3) is 0 Å². The Morgan fingerprint density at radius 2 is 1.85 bits per heavy atom. The Balaban J connectivity index is 3.00. The van der Waals surface area contributed by atoms with Crippen LogP contribution in [0.3, 0.4) is 0 Å². The van der Waals surface area contributed by atoms with Gasteiger partial charge in [0.15, 0.2) is 5.78 Å². The van der Waals surface area contributed by atoms with Crippen molar-refractivity contribution in [3.8, 4) is 0 Å². The minimum Gasteiger partial charge on any atom is -0.480 e. The lowest BCUT2D eigenvalue weighted by Crippen LogP contribution is -2.23. The molecule has 0 aliphatic heterocycles. The number of carboxylic acid groups (broad SMARTS) is 2. The minimum absolute atomic E-state index is 0.174. The Kier molecular flexibility index (Phi) is 2.27. The Bertz CT molecular complexity index is 336. The zero-order valence-corrected chi connectivity index (χ0v) is 6.43. The van der Waals surface area contributed by atoms with Crippen LogP contribution in [-0.2, 0) is 14.4 Å². The molecule has 0 spiro atoms. The van der Waals surface area contributed by atoms with Gasteiger partial charge in [0.1, 0.15) is 5.92 Å². The molecule has 0 saturated carbocycles. The van der Waals surface area contributed by atoms with Crippen molar-refractivity contribution >= 4 is 17.7 Å². The Morgan fingerprint density at radius 1 is 1.23 bits per heavy atom. The summed E-state index contributed by atoms with van der Waals surface area (Å²) < 4.78 is 0. The topological polar surface area (TPSA) is 91.7 Å². The molecule has 1 atom stereocenters. The van der Waals surface area contributed by atoms with Crippen molar-refractivity contribution < 1.29 is 24.6 Å². The van der Waals surface area contributed by atoms with Gasteiger partial charge in [-0.2, -0.15) is 0 Å². The zero-order valence-electron chi connectivity index (χ0n) is 6.43. The number of carbonyl (C=O) groups is 3. The van der Waals surface area contributed by atoms with E-state index in [2.05, 4.69) is 0 Å². The molecule has 1 unspecified atom stereocenters. The molecule has 0 fully saturated rings. The second-order valence-electron chi connectivity index (χ2n) is 2.48. The zero-order chi connectivity index (χ0) is 10.0. The molecule has 0 aromatic carbocycles. The minimum atomic E-state index is -1.36. The van der Waals surface area contributed by atoms with Crippen molar-refractivity contribution in [1.29, 1.82) is 0 Å². The maximum Gasteiger partial charge on any atom is 0.335 e. The fraction of sp³-hybridized carbons (Fsp3) is 0.125. The lowest BCUT2D eigenvalue weighted by atomic mass is 9.95. The number of aliphatic carboxylic acids is 2. The summed E-state index contributed by atoms with van der Waals surface area (Å²) in [6, 6.07) is 0. The summed E-state index contributed by atoms with van der Waals surface area (Å²) in [5.74, 6) is -4.56. The number of allylic oxidation sites excluding steroid dienone is 1. The monoisotopic (exact) mass is 182 g/mol. The van der Waals surface area contributed by atoms with E-state index >= 15 is 0 Å². The van der Waals surface area contributed by atoms with E-state index in [-0.39, 0.29) is 5.57 Å². The van der Waals surface area contributed by atoms with Crippen molar-refractivity contribution in [2.24, 2.45) is 5.92 Å². The number of carboxylic acids is 2. The lowest BCUT2D eigenvalue weighted by Gasteiger charge is -2.08. The van der Waals surface area contributed by atoms with Gasteiger partial charge in [0, 0.05) is 0 Å². The molecule has 0 aromatic heterocycles. The van der Waals surface area contributed by atoms with E-state index in [0.717, 1.165) is 18.2 Å². The number of carbonyl (C=O) groups excluding carboxylic acids is 1. The lowest BCUT2D eigenvalue weighted by molar-refractivity contribution is -0.143. The van der Waals surface area contributed by atoms with Gasteiger partial charge in [0.2, 0.25) is 0 Å². The van der Waals surface area contributed by atoms with E-state index < -0.39 is 23.6 Å². The number of hydrogen-bond acceptors (Lipinski definition) is 3. The van der Waals surface area contributed by atoms with Gasteiger partial charge in [-0.15, -0.1) is 0 Å². The molecule has 13 heavy (non-hydrogen) atoms. The molecule has 0 aromatic rings. The van der Waals surface area contributed by atoms with Crippen LogP contribution in [0.1, 0.15) is 0 Å². The molecule has 0 bridgehead atoms. The van der Waals surface area contributed by atoms with E-state index in [0.29, 0.717) is 0 Å². The molecule has 0 heterocycles. The first-order chi connectivity index (χ1) is 6.02. The summed E-state index contributed by atoms with van der Waals surface area (Å²) in [7, 11) is 0. The maximum atomic E-state index is 10.9. The van der Waals surface area contributed by atoms with Crippen molar-refractivity contribution in [2.45, 2.75) is 0 Å². The van der Waals surface area contributed by atoms with Gasteiger partial charge < -0.3 is 10.2 Å². The van der Waals surface area contributed by atoms with E-state index in [1.54, 1.807) is 0 Å². The summed E-state index contributed by atoms with van der Waals surface area (Å²) in [5.41, 5.74) is -0.174. The SMILES string of the molecule is O=C(O)C1=CC(C(=O)O)C(=O)C=C1. The molecule has 2 N–H and O–H groups in total. The molecule has 0 saturated heterocycles. The van der Waals surface area contributed by atoms with Crippen LogP contribution in [0.5, 0.6) is 0 Å². The Morgan fingerprint density at radius 3 is 2.31 bits per heavy atom. The predicted molar refractivity (Wildman–Crippen MR) is 41.0 cm³/mol. The van der Waals surface area contributed by atoms with Crippen LogP contribution in [0.15, 0.2) is 23.8 Å². The highest BCUT2D eigenvalue weighted by Crippen LogP contribution is 2.14. The van der Waals surface area contributed by atoms with Crippen LogP contribution in [0, 0.1) is 5.92 Å². The molecule has 68 valence electrons. The van der Waals surface area contributed by atoms with Crippen LogP contribution in [0.4, 0.5) is 0 Å². The fourth-order valence-electron chi connectivity index (χ4n) is 0.928. The van der Waals surface area contributed by atoms with Crippen molar-refractivity contribution in [3.05, 3.63) is 23.8 Å². The molecule has 1 rings (SSSR count). The summed E-state index contributed by atoms with van der Waals surface area (Å²) in [4.78, 5) is 31.7. The summed E-state index contributed by atoms with van der Waals surface area (Å²) in [6.07, 6.45) is 2.97. The number of ketones is 1. The van der Waals surface area contributed by atoms with Gasteiger partial charge >= 0.3 is 11.9 Å². The van der Waals surface area contributed by atoms with Crippen molar-refractivity contribution in [1.82, 2.24) is 0 Å². The van der Waals surface area contributed by atoms with Gasteiger partial charge in [-0.05, 0) is 18.2 Å². The van der Waals surface area contributed by atoms with Gasteiger partial charge in [0.05, 0.1) is 5.57 Å². The van der Waals surface area contributed by atoms with E-state index in [9.17, 15) is 14.4 Å². The van der Waals surface area contributed by atoms with Crippen molar-refractivity contribution in [2.75, 3.05) is 0 Å². The highest BCUT2D eigenvalue weighted by Gasteiger charge is 2.26. The first-order valence-corrected chi connectivity index (χ1v) is 3.42. The van der Waals surface area contributed by atoms with Crippen LogP contribution >= 0.6 is 0 Å². The number of hydrogen-bond donors (Lipinski definition) is 2. The van der Waals surface area contributed by atoms with Gasteiger partial charge in [-0.1, -0.05) is 0 Å². The van der Waals surface area contributed by atoms with Crippen LogP contribution in [0.2, 0.25) is 0 Å². The van der Waals surface area contributed by atoms with E-state index in [1.807, 2.05) is 0 Å². The van der Waals surface area contributed by atoms with Crippen molar-refractivity contribution in [3.63, 3.8) is 0 Å². The fourth-order valence-corrected chi connectivity index (χ4v) is 0.928. The Labute approximate surface area is 73.0 Å². The summed E-state index contributed by atoms with van der Waals surface area (Å²) in [6.45, 7) is 0. The molecular weight excluding hydrogens is 176 g/mol. The van der Waals surface area contributed by atoms with E-state index in [1.165, 1.54) is 0 Å². The van der Waals surface area contributed by atoms with Crippen LogP contribution < -0.4 is 0 Å². The predicted octanol–water partition coefficient (Wildman–Crippen LogP) is -0.163. The van der Waals surface area contributed by atoms with Crippen LogP contribution in [-0.4, -0.2) is 27.9 Å². The normalized spacial score (nSPS) is 21.1. The third kappa shape index (κ3) is 1.81. The summed E-state index contributed by atoms with van der Waals surface area (Å²) in [5, 5.41) is 17.0. The average Bonchev–Trinajstić information content (AvgIpc) is 2.04. The molecule has 0 amide bonds. The smallest absolute Gasteiger partial charge is 0.335 e. The third-order valence-electron chi connectivity index (χ3n) is 1.59. The number of rotatable bonds is 2. The highest BCUT2D eigenvalue weighted by atomic mass is 16.4. The third-order valence-corrected chi connectivity index (χ3v) is 1.59. The molecule has 0 radical (unpaired) electrons. The first-order valence-electron chi connectivity index (χ1n) is 3.42. The average molecular weight is 182 g/mol. The van der Waals surface area contributed by atoms with Gasteiger partial charge in [0.25, 0.3) is 0 Å². The second kappa shape index (κ2) is 3.22. The summed E-state index contributed by atoms with van der Waals surface area (Å²) >= 11 is 0. The quantitative estimate of drug-likeness (QED) is 0.579. The van der Waals surface area contributed by atoms with E-state index in [4.69, 9.17) is 10.2 Å². The largest absolute Gasteiger partial charge is 0.480 e. The highest BCUT2D eigenvalue weighted by molar-refractivity contribution is 6.10. The maximum absolute atomic E-state index is 10.9. The molecule has 1 aliphatic carbocycles. The molecule has 1 aliphatic rings. The van der Waals surface area contributed by atoms with Gasteiger partial charge in [-0.3, -0.25) is 9.59 Å². The molecule has 5 heteroatoms. The standard InChI is InChI=1S/C8H6O5/c9-6-2-1-4(7(10)11)3-5(6)8(12)13/h1-3,5H,(H,10,11)(H,12,13). The Hall–Kier alpha value is -1.91. The van der Waals surface area contributed by atoms with Gasteiger partial charge in [-0.25, -0.2) is 4.79 Å². The molecule has 5 nitrogen and oxygen atoms in total. The first kappa shape index (κ1) is 9.18.